The lowest BCUT2D eigenvalue weighted by molar-refractivity contribution is -0.118. The van der Waals surface area contributed by atoms with E-state index in [4.69, 9.17) is 4.74 Å². The van der Waals surface area contributed by atoms with Crippen LogP contribution in [0.25, 0.3) is 5.69 Å². The van der Waals surface area contributed by atoms with Gasteiger partial charge in [0.1, 0.15) is 5.82 Å². The first-order valence-corrected chi connectivity index (χ1v) is 11.5. The molecule has 3 aromatic rings. The van der Waals surface area contributed by atoms with Crippen molar-refractivity contribution < 1.29 is 9.53 Å². The molecule has 1 aliphatic heterocycles. The Labute approximate surface area is 186 Å². The van der Waals surface area contributed by atoms with Crippen LogP contribution >= 0.6 is 11.8 Å². The number of para-hydroxylation sites is 1. The smallest absolute Gasteiger partial charge is 0.230 e. The molecule has 0 unspecified atom stereocenters. The van der Waals surface area contributed by atoms with Crippen molar-refractivity contribution in [3.63, 3.8) is 0 Å². The Morgan fingerprint density at radius 3 is 2.45 bits per heavy atom. The molecule has 1 aliphatic rings. The number of carbonyl (C=O) groups is 1. The number of morpholine rings is 1. The summed E-state index contributed by atoms with van der Waals surface area (Å²) in [5, 5.41) is 12.5. The van der Waals surface area contributed by atoms with Crippen LogP contribution in [0.5, 0.6) is 0 Å². The SMILES string of the molecule is O=C(CSc1nnc(Cc2ccccc2)n1-c1ccccc1)NCCN1CCOCC1. The van der Waals surface area contributed by atoms with Gasteiger partial charge in [-0.2, -0.15) is 0 Å². The highest BCUT2D eigenvalue weighted by Crippen LogP contribution is 2.23. The number of nitrogens with one attached hydrogen (secondary N) is 1. The predicted molar refractivity (Wildman–Crippen MR) is 122 cm³/mol. The van der Waals surface area contributed by atoms with Gasteiger partial charge in [0.05, 0.1) is 19.0 Å². The van der Waals surface area contributed by atoms with Gasteiger partial charge in [-0.15, -0.1) is 10.2 Å². The maximum atomic E-state index is 12.4. The maximum absolute atomic E-state index is 12.4. The molecule has 31 heavy (non-hydrogen) atoms. The fourth-order valence-electron chi connectivity index (χ4n) is 3.48. The molecule has 0 radical (unpaired) electrons. The lowest BCUT2D eigenvalue weighted by Crippen LogP contribution is -2.41. The van der Waals surface area contributed by atoms with E-state index in [0.29, 0.717) is 18.7 Å². The number of carbonyl (C=O) groups excluding carboxylic acids is 1. The minimum atomic E-state index is 0.00507. The Balaban J connectivity index is 1.38. The summed E-state index contributed by atoms with van der Waals surface area (Å²) in [5.41, 5.74) is 2.16. The van der Waals surface area contributed by atoms with Crippen LogP contribution in [0.2, 0.25) is 0 Å². The molecule has 1 amide bonds. The number of amides is 1. The van der Waals surface area contributed by atoms with E-state index in [2.05, 4.69) is 32.5 Å². The molecule has 8 heteroatoms. The van der Waals surface area contributed by atoms with E-state index >= 15 is 0 Å². The fraction of sp³-hybridized carbons (Fsp3) is 0.348. The number of thioether (sulfide) groups is 1. The number of hydrogen-bond donors (Lipinski definition) is 1. The zero-order valence-electron chi connectivity index (χ0n) is 17.4. The van der Waals surface area contributed by atoms with Gasteiger partial charge in [-0.25, -0.2) is 0 Å². The first-order valence-electron chi connectivity index (χ1n) is 10.5. The number of benzene rings is 2. The van der Waals surface area contributed by atoms with Crippen LogP contribution in [0.4, 0.5) is 0 Å². The Kier molecular flexibility index (Phi) is 7.71. The lowest BCUT2D eigenvalue weighted by atomic mass is 10.1. The molecule has 2 heterocycles. The third-order valence-electron chi connectivity index (χ3n) is 5.11. The summed E-state index contributed by atoms with van der Waals surface area (Å²) in [6.45, 7) is 4.88. The zero-order valence-corrected chi connectivity index (χ0v) is 18.3. The molecule has 1 saturated heterocycles. The van der Waals surface area contributed by atoms with Crippen molar-refractivity contribution in [2.24, 2.45) is 0 Å². The van der Waals surface area contributed by atoms with Crippen LogP contribution in [0.15, 0.2) is 65.8 Å². The summed E-state index contributed by atoms with van der Waals surface area (Å²) in [5.74, 6) is 1.16. The summed E-state index contributed by atoms with van der Waals surface area (Å²) in [6, 6.07) is 20.3. The molecule has 0 saturated carbocycles. The minimum absolute atomic E-state index is 0.00507. The Morgan fingerprint density at radius 1 is 1.00 bits per heavy atom. The van der Waals surface area contributed by atoms with Gasteiger partial charge in [0, 0.05) is 38.3 Å². The van der Waals surface area contributed by atoms with Crippen molar-refractivity contribution in [2.75, 3.05) is 45.1 Å². The van der Waals surface area contributed by atoms with E-state index in [1.807, 2.05) is 53.1 Å². The number of nitrogens with zero attached hydrogens (tertiary/aromatic N) is 4. The summed E-state index contributed by atoms with van der Waals surface area (Å²) in [6.07, 6.45) is 0.676. The molecule has 0 bridgehead atoms. The molecular weight excluding hydrogens is 410 g/mol. The quantitative estimate of drug-likeness (QED) is 0.519. The zero-order chi connectivity index (χ0) is 21.3. The Morgan fingerprint density at radius 2 is 1.71 bits per heavy atom. The first-order chi connectivity index (χ1) is 15.3. The van der Waals surface area contributed by atoms with Crippen LogP contribution < -0.4 is 5.32 Å². The highest BCUT2D eigenvalue weighted by atomic mass is 32.2. The topological polar surface area (TPSA) is 72.3 Å². The molecule has 1 aromatic heterocycles. The largest absolute Gasteiger partial charge is 0.379 e. The molecule has 0 spiro atoms. The van der Waals surface area contributed by atoms with Crippen molar-refractivity contribution in [1.29, 1.82) is 0 Å². The van der Waals surface area contributed by atoms with E-state index in [-0.39, 0.29) is 5.91 Å². The van der Waals surface area contributed by atoms with Gasteiger partial charge in [-0.3, -0.25) is 14.3 Å². The van der Waals surface area contributed by atoms with Crippen molar-refractivity contribution >= 4 is 17.7 Å². The summed E-state index contributed by atoms with van der Waals surface area (Å²) in [7, 11) is 0. The van der Waals surface area contributed by atoms with E-state index in [1.165, 1.54) is 17.3 Å². The van der Waals surface area contributed by atoms with Crippen molar-refractivity contribution in [1.82, 2.24) is 25.0 Å². The van der Waals surface area contributed by atoms with Crippen molar-refractivity contribution in [2.45, 2.75) is 11.6 Å². The van der Waals surface area contributed by atoms with Gasteiger partial charge in [-0.1, -0.05) is 60.3 Å². The third kappa shape index (κ3) is 6.16. The number of rotatable bonds is 9. The van der Waals surface area contributed by atoms with Crippen LogP contribution in [-0.4, -0.2) is 70.7 Å². The highest BCUT2D eigenvalue weighted by Gasteiger charge is 2.16. The van der Waals surface area contributed by atoms with Gasteiger partial charge < -0.3 is 10.1 Å². The van der Waals surface area contributed by atoms with Crippen LogP contribution in [0.1, 0.15) is 11.4 Å². The summed E-state index contributed by atoms with van der Waals surface area (Å²) in [4.78, 5) is 14.7. The monoisotopic (exact) mass is 437 g/mol. The van der Waals surface area contributed by atoms with Crippen LogP contribution in [-0.2, 0) is 16.0 Å². The van der Waals surface area contributed by atoms with E-state index < -0.39 is 0 Å². The standard InChI is InChI=1S/C23H27N5O2S/c29-22(24-11-12-27-13-15-30-16-14-27)18-31-23-26-25-21(17-19-7-3-1-4-8-19)28(23)20-9-5-2-6-10-20/h1-10H,11-18H2,(H,24,29). The molecule has 162 valence electrons. The third-order valence-corrected chi connectivity index (χ3v) is 6.04. The Bertz CT molecular complexity index is 959. The van der Waals surface area contributed by atoms with Crippen molar-refractivity contribution in [3.8, 4) is 5.69 Å². The van der Waals surface area contributed by atoms with Crippen LogP contribution in [0.3, 0.4) is 0 Å². The molecule has 4 rings (SSSR count). The van der Waals surface area contributed by atoms with Crippen molar-refractivity contribution in [3.05, 3.63) is 72.1 Å². The Hall–Kier alpha value is -2.68. The number of aromatic nitrogens is 3. The molecule has 0 atom stereocenters. The maximum Gasteiger partial charge on any atom is 0.230 e. The predicted octanol–water partition coefficient (Wildman–Crippen LogP) is 2.40. The highest BCUT2D eigenvalue weighted by molar-refractivity contribution is 7.99. The van der Waals surface area contributed by atoms with Gasteiger partial charge >= 0.3 is 0 Å². The van der Waals surface area contributed by atoms with Gasteiger partial charge in [0.2, 0.25) is 5.91 Å². The molecule has 0 aliphatic carbocycles. The average molecular weight is 438 g/mol. The average Bonchev–Trinajstić information content (AvgIpc) is 3.22. The van der Waals surface area contributed by atoms with E-state index in [0.717, 1.165) is 49.5 Å². The fourth-order valence-corrected chi connectivity index (χ4v) is 4.28. The van der Waals surface area contributed by atoms with E-state index in [9.17, 15) is 4.79 Å². The van der Waals surface area contributed by atoms with Gasteiger partial charge in [-0.05, 0) is 17.7 Å². The summed E-state index contributed by atoms with van der Waals surface area (Å²) < 4.78 is 7.39. The van der Waals surface area contributed by atoms with E-state index in [1.54, 1.807) is 0 Å². The lowest BCUT2D eigenvalue weighted by Gasteiger charge is -2.26. The second-order valence-electron chi connectivity index (χ2n) is 7.32. The number of hydrogen-bond acceptors (Lipinski definition) is 6. The first kappa shape index (κ1) is 21.5. The molecular formula is C23H27N5O2S. The second-order valence-corrected chi connectivity index (χ2v) is 8.27. The van der Waals surface area contributed by atoms with Crippen LogP contribution in [0, 0.1) is 0 Å². The summed E-state index contributed by atoms with van der Waals surface area (Å²) >= 11 is 1.41. The van der Waals surface area contributed by atoms with Gasteiger partial charge in [0.25, 0.3) is 0 Å². The normalized spacial score (nSPS) is 14.5. The molecule has 2 aromatic carbocycles. The molecule has 7 nitrogen and oxygen atoms in total. The van der Waals surface area contributed by atoms with Gasteiger partial charge in [0.15, 0.2) is 5.16 Å². The minimum Gasteiger partial charge on any atom is -0.379 e. The number of ether oxygens (including phenoxy) is 1. The second kappa shape index (κ2) is 11.1. The molecule has 1 fully saturated rings. The molecule has 1 N–H and O–H groups in total.